The van der Waals surface area contributed by atoms with E-state index in [1.165, 1.54) is 12.3 Å². The monoisotopic (exact) mass is 420 g/mol. The fraction of sp³-hybridized carbons (Fsp3) is 0.350. The zero-order valence-corrected chi connectivity index (χ0v) is 16.6. The van der Waals surface area contributed by atoms with Crippen LogP contribution in [0.2, 0.25) is 0 Å². The van der Waals surface area contributed by atoms with Gasteiger partial charge in [-0.15, -0.1) is 0 Å². The number of fused-ring (bicyclic) bond motifs is 2. The van der Waals surface area contributed by atoms with E-state index in [0.29, 0.717) is 33.2 Å². The zero-order chi connectivity index (χ0) is 21.6. The summed E-state index contributed by atoms with van der Waals surface area (Å²) in [7, 11) is 0. The second-order valence-electron chi connectivity index (χ2n) is 7.40. The summed E-state index contributed by atoms with van der Waals surface area (Å²) in [5.74, 6) is 0.397. The maximum absolute atomic E-state index is 14.8. The fourth-order valence-corrected chi connectivity index (χ4v) is 3.62. The third-order valence-corrected chi connectivity index (χ3v) is 4.88. The van der Waals surface area contributed by atoms with Crippen molar-refractivity contribution in [3.63, 3.8) is 0 Å². The van der Waals surface area contributed by atoms with Crippen molar-refractivity contribution in [2.24, 2.45) is 0 Å². The molecule has 0 radical (unpaired) electrons. The highest BCUT2D eigenvalue weighted by Crippen LogP contribution is 2.33. The molecule has 0 fully saturated rings. The number of nitrogens with one attached hydrogen (secondary N) is 2. The maximum atomic E-state index is 14.8. The summed E-state index contributed by atoms with van der Waals surface area (Å²) in [6.45, 7) is 5.53. The molecule has 10 heteroatoms. The van der Waals surface area contributed by atoms with Crippen molar-refractivity contribution in [3.05, 3.63) is 36.2 Å². The van der Waals surface area contributed by atoms with Gasteiger partial charge in [-0.2, -0.15) is 18.2 Å². The highest BCUT2D eigenvalue weighted by molar-refractivity contribution is 5.96. The van der Waals surface area contributed by atoms with Gasteiger partial charge >= 0.3 is 6.18 Å². The Morgan fingerprint density at radius 3 is 2.67 bits per heavy atom. The Morgan fingerprint density at radius 1 is 1.20 bits per heavy atom. The first-order valence-corrected chi connectivity index (χ1v) is 9.47. The minimum absolute atomic E-state index is 0.0929. The molecule has 4 rings (SSSR count). The number of hydrogen-bond acceptors (Lipinski definition) is 4. The summed E-state index contributed by atoms with van der Waals surface area (Å²) in [5.41, 5.74) is 2.79. The van der Waals surface area contributed by atoms with E-state index in [2.05, 4.69) is 25.3 Å². The number of aryl methyl sites for hydroxylation is 1. The fourth-order valence-electron chi connectivity index (χ4n) is 3.62. The molecule has 0 aliphatic rings. The molecule has 0 aliphatic heterocycles. The molecule has 0 unspecified atom stereocenters. The minimum atomic E-state index is -4.25. The van der Waals surface area contributed by atoms with E-state index in [9.17, 15) is 17.6 Å². The number of rotatable bonds is 5. The van der Waals surface area contributed by atoms with Crippen LogP contribution in [-0.4, -0.2) is 37.2 Å². The van der Waals surface area contributed by atoms with Crippen LogP contribution >= 0.6 is 0 Å². The number of aromatic nitrogens is 5. The molecule has 1 aromatic carbocycles. The van der Waals surface area contributed by atoms with Crippen molar-refractivity contribution in [1.82, 2.24) is 24.5 Å². The van der Waals surface area contributed by atoms with Gasteiger partial charge in [0.05, 0.1) is 11.9 Å². The second kappa shape index (κ2) is 7.26. The van der Waals surface area contributed by atoms with Crippen molar-refractivity contribution < 1.29 is 17.6 Å². The van der Waals surface area contributed by atoms with Gasteiger partial charge in [0.25, 0.3) is 0 Å². The summed E-state index contributed by atoms with van der Waals surface area (Å²) in [4.78, 5) is 15.6. The van der Waals surface area contributed by atoms with Crippen molar-refractivity contribution in [2.45, 2.75) is 39.4 Å². The van der Waals surface area contributed by atoms with Crippen molar-refractivity contribution in [3.8, 4) is 11.1 Å². The molecule has 0 aliphatic carbocycles. The lowest BCUT2D eigenvalue weighted by molar-refractivity contribution is -0.131. The Hall–Kier alpha value is -3.17. The van der Waals surface area contributed by atoms with Crippen LogP contribution in [0.3, 0.4) is 0 Å². The van der Waals surface area contributed by atoms with E-state index in [1.54, 1.807) is 6.20 Å². The Bertz CT molecular complexity index is 1220. The molecule has 4 aromatic rings. The number of anilines is 1. The largest absolute Gasteiger partial charge is 0.390 e. The third kappa shape index (κ3) is 3.69. The van der Waals surface area contributed by atoms with Crippen LogP contribution in [0.25, 0.3) is 33.2 Å². The second-order valence-corrected chi connectivity index (χ2v) is 7.40. The smallest absolute Gasteiger partial charge is 0.354 e. The lowest BCUT2D eigenvalue weighted by Crippen LogP contribution is -2.15. The first-order valence-electron chi connectivity index (χ1n) is 9.47. The van der Waals surface area contributed by atoms with Gasteiger partial charge in [-0.1, -0.05) is 0 Å². The molecule has 0 amide bonds. The van der Waals surface area contributed by atoms with Crippen LogP contribution in [-0.2, 0) is 0 Å². The van der Waals surface area contributed by atoms with Gasteiger partial charge in [-0.05, 0) is 38.5 Å². The molecule has 0 atom stereocenters. The van der Waals surface area contributed by atoms with E-state index in [4.69, 9.17) is 0 Å². The normalized spacial score (nSPS) is 12.4. The van der Waals surface area contributed by atoms with Gasteiger partial charge in [0, 0.05) is 35.9 Å². The standard InChI is InChI=1S/C20H20F4N6/c1-10(2)30-11(3)28-17-15(21)6-12(7-16(17)30)13-8-26-18-14(13)9-27-19(29-18)25-5-4-20(22,23)24/h6-10H,4-5H2,1-3H3,(H2,25,26,27,29). The molecule has 0 saturated heterocycles. The number of nitrogens with zero attached hydrogens (tertiary/aromatic N) is 4. The summed E-state index contributed by atoms with van der Waals surface area (Å²) in [5, 5.41) is 3.21. The third-order valence-electron chi connectivity index (χ3n) is 4.88. The van der Waals surface area contributed by atoms with Crippen LogP contribution in [0.1, 0.15) is 32.1 Å². The van der Waals surface area contributed by atoms with Crippen molar-refractivity contribution in [2.75, 3.05) is 11.9 Å². The molecular weight excluding hydrogens is 400 g/mol. The first kappa shape index (κ1) is 20.1. The average Bonchev–Trinajstić information content (AvgIpc) is 3.20. The van der Waals surface area contributed by atoms with Gasteiger partial charge in [-0.3, -0.25) is 0 Å². The molecule has 158 valence electrons. The predicted molar refractivity (Wildman–Crippen MR) is 107 cm³/mol. The highest BCUT2D eigenvalue weighted by atomic mass is 19.4. The van der Waals surface area contributed by atoms with Gasteiger partial charge in [0.2, 0.25) is 5.95 Å². The van der Waals surface area contributed by atoms with E-state index < -0.39 is 18.4 Å². The lowest BCUT2D eigenvalue weighted by Gasteiger charge is -2.11. The molecule has 0 saturated carbocycles. The number of H-pyrrole nitrogens is 1. The number of hydrogen-bond donors (Lipinski definition) is 2. The summed E-state index contributed by atoms with van der Waals surface area (Å²) < 4.78 is 53.7. The Kier molecular flexibility index (Phi) is 4.87. The van der Waals surface area contributed by atoms with E-state index >= 15 is 0 Å². The average molecular weight is 420 g/mol. The summed E-state index contributed by atoms with van der Waals surface area (Å²) >= 11 is 0. The highest BCUT2D eigenvalue weighted by Gasteiger charge is 2.26. The maximum Gasteiger partial charge on any atom is 0.390 e. The number of halogens is 4. The Morgan fingerprint density at radius 2 is 1.97 bits per heavy atom. The summed E-state index contributed by atoms with van der Waals surface area (Å²) in [6, 6.07) is 3.40. The number of benzene rings is 1. The SMILES string of the molecule is Cc1nc2c(F)cc(-c3c[nH]c4nc(NCCC(F)(F)F)ncc34)cc2n1C(C)C. The topological polar surface area (TPSA) is 71.4 Å². The van der Waals surface area contributed by atoms with Gasteiger partial charge < -0.3 is 14.9 Å². The lowest BCUT2D eigenvalue weighted by atomic mass is 10.1. The molecule has 3 aromatic heterocycles. The Balaban J connectivity index is 1.71. The number of alkyl halides is 3. The van der Waals surface area contributed by atoms with Crippen molar-refractivity contribution in [1.29, 1.82) is 0 Å². The van der Waals surface area contributed by atoms with E-state index in [-0.39, 0.29) is 18.5 Å². The molecule has 0 spiro atoms. The van der Waals surface area contributed by atoms with Crippen LogP contribution in [0.5, 0.6) is 0 Å². The molecular formula is C20H20F4N6. The van der Waals surface area contributed by atoms with Crippen LogP contribution in [0, 0.1) is 12.7 Å². The van der Waals surface area contributed by atoms with E-state index in [1.807, 2.05) is 31.4 Å². The zero-order valence-electron chi connectivity index (χ0n) is 16.6. The van der Waals surface area contributed by atoms with Gasteiger partial charge in [0.15, 0.2) is 5.82 Å². The number of aromatic amines is 1. The summed E-state index contributed by atoms with van der Waals surface area (Å²) in [6.07, 6.45) is -2.04. The number of imidazole rings is 1. The van der Waals surface area contributed by atoms with Crippen LogP contribution in [0.4, 0.5) is 23.5 Å². The van der Waals surface area contributed by atoms with Gasteiger partial charge in [0.1, 0.15) is 17.0 Å². The van der Waals surface area contributed by atoms with Crippen LogP contribution in [0.15, 0.2) is 24.5 Å². The van der Waals surface area contributed by atoms with Gasteiger partial charge in [-0.25, -0.2) is 14.4 Å². The minimum Gasteiger partial charge on any atom is -0.354 e. The predicted octanol–water partition coefficient (Wildman–Crippen LogP) is 5.37. The quantitative estimate of drug-likeness (QED) is 0.426. The molecule has 30 heavy (non-hydrogen) atoms. The Labute approximate surface area is 169 Å². The molecule has 6 nitrogen and oxygen atoms in total. The molecule has 3 heterocycles. The van der Waals surface area contributed by atoms with Crippen molar-refractivity contribution >= 4 is 28.0 Å². The molecule has 0 bridgehead atoms. The van der Waals surface area contributed by atoms with Crippen LogP contribution < -0.4 is 5.32 Å². The first-order chi connectivity index (χ1) is 14.1. The molecule has 2 N–H and O–H groups in total. The van der Waals surface area contributed by atoms with E-state index in [0.717, 1.165) is 5.82 Å².